The maximum absolute atomic E-state index is 14.2. The van der Waals surface area contributed by atoms with E-state index in [1.807, 2.05) is 97.1 Å². The minimum Gasteiger partial charge on any atom is -1.00 e. The summed E-state index contributed by atoms with van der Waals surface area (Å²) in [6, 6.07) is 43.8. The molecule has 0 radical (unpaired) electrons. The fourth-order valence-electron chi connectivity index (χ4n) is 8.67. The van der Waals surface area contributed by atoms with Crippen LogP contribution in [0, 0.1) is 11.8 Å². The van der Waals surface area contributed by atoms with Gasteiger partial charge in [-0.2, -0.15) is 0 Å². The van der Waals surface area contributed by atoms with E-state index in [1.165, 1.54) is 0 Å². The topological polar surface area (TPSA) is 224 Å². The summed E-state index contributed by atoms with van der Waals surface area (Å²) in [7, 11) is 3.19. The number of hydrogen-bond donors (Lipinski definition) is 2. The summed E-state index contributed by atoms with van der Waals surface area (Å²) in [6.07, 6.45) is -3.71. The summed E-state index contributed by atoms with van der Waals surface area (Å²) in [4.78, 5) is 67.3. The number of aliphatic carboxylic acids is 2. The van der Waals surface area contributed by atoms with Crippen LogP contribution in [0.2, 0.25) is 0 Å². The molecule has 2 heterocycles. The van der Waals surface area contributed by atoms with E-state index in [2.05, 4.69) is 20.6 Å². The second kappa shape index (κ2) is 27.9. The van der Waals surface area contributed by atoms with E-state index < -0.39 is 53.3 Å². The molecule has 0 aliphatic carbocycles. The first-order valence-electron chi connectivity index (χ1n) is 23.4. The van der Waals surface area contributed by atoms with Crippen molar-refractivity contribution in [2.75, 3.05) is 14.2 Å². The van der Waals surface area contributed by atoms with Crippen LogP contribution in [0.4, 0.5) is 4.79 Å². The number of methoxy groups -OCH3 is 2. The van der Waals surface area contributed by atoms with E-state index in [1.54, 1.807) is 62.8 Å². The van der Waals surface area contributed by atoms with E-state index in [-0.39, 0.29) is 157 Å². The number of fused-ring (bicyclic) bond motifs is 2. The van der Waals surface area contributed by atoms with Crippen molar-refractivity contribution in [1.82, 2.24) is 30.0 Å². The van der Waals surface area contributed by atoms with E-state index in [0.717, 1.165) is 54.2 Å². The minimum absolute atomic E-state index is 0. The number of aromatic nitrogens is 6. The molecular weight excluding hydrogens is 999 g/mol. The van der Waals surface area contributed by atoms with Crippen molar-refractivity contribution in [1.29, 1.82) is 0 Å². The second-order valence-electron chi connectivity index (χ2n) is 17.2. The molecular formula is C55H54K2N6O11. The first kappa shape index (κ1) is 57.8. The minimum atomic E-state index is -1.37. The van der Waals surface area contributed by atoms with Crippen molar-refractivity contribution >= 4 is 39.9 Å². The van der Waals surface area contributed by atoms with Crippen LogP contribution in [0.5, 0.6) is 11.5 Å². The fourth-order valence-corrected chi connectivity index (χ4v) is 8.67. The molecule has 19 heteroatoms. The van der Waals surface area contributed by atoms with Gasteiger partial charge in [0.1, 0.15) is 34.7 Å². The molecule has 0 amide bonds. The third-order valence-corrected chi connectivity index (χ3v) is 12.8. The van der Waals surface area contributed by atoms with Gasteiger partial charge in [0.25, 0.3) is 11.1 Å². The Labute approximate surface area is 514 Å². The van der Waals surface area contributed by atoms with E-state index in [4.69, 9.17) is 18.9 Å². The number of carboxylic acids is 2. The van der Waals surface area contributed by atoms with Gasteiger partial charge in [-0.3, -0.25) is 19.2 Å². The number of carboxylic acid groups (broad SMARTS) is 2. The fraction of sp³-hybridized carbons (Fsp3) is 0.255. The van der Waals surface area contributed by atoms with Crippen LogP contribution in [0.15, 0.2) is 155 Å². The van der Waals surface area contributed by atoms with Gasteiger partial charge in [-0.05, 0) is 120 Å². The van der Waals surface area contributed by atoms with Crippen molar-refractivity contribution in [2.24, 2.45) is 11.8 Å². The normalized spacial score (nSPS) is 12.6. The van der Waals surface area contributed by atoms with Crippen LogP contribution in [-0.2, 0) is 45.0 Å². The number of nitrogens with zero attached hydrogens (tertiary/aromatic N) is 6. The Hall–Kier alpha value is -5.46. The van der Waals surface area contributed by atoms with Crippen molar-refractivity contribution in [3.63, 3.8) is 0 Å². The summed E-state index contributed by atoms with van der Waals surface area (Å²) >= 11 is 0. The van der Waals surface area contributed by atoms with Crippen LogP contribution in [0.25, 0.3) is 44.1 Å². The third kappa shape index (κ3) is 14.9. The Morgan fingerprint density at radius 2 is 0.838 bits per heavy atom. The number of rotatable bonds is 22. The average molecular weight is 1050 g/mol. The molecule has 6 aromatic carbocycles. The monoisotopic (exact) mass is 1050 g/mol. The van der Waals surface area contributed by atoms with Crippen molar-refractivity contribution in [3.05, 3.63) is 177 Å². The summed E-state index contributed by atoms with van der Waals surface area (Å²) in [5, 5.41) is 38.4. The molecule has 8 aromatic rings. The van der Waals surface area contributed by atoms with Gasteiger partial charge in [-0.15, -0.1) is 10.2 Å². The quantitative estimate of drug-likeness (QED) is 0.0735. The molecule has 0 spiro atoms. The Balaban J connectivity index is 0.00000312. The third-order valence-electron chi connectivity index (χ3n) is 12.8. The van der Waals surface area contributed by atoms with Gasteiger partial charge < -0.3 is 32.0 Å². The molecule has 74 heavy (non-hydrogen) atoms. The Kier molecular flexibility index (Phi) is 21.8. The predicted molar refractivity (Wildman–Crippen MR) is 270 cm³/mol. The average Bonchev–Trinajstić information content (AvgIpc) is 3.41. The number of carbonyl (C=O) groups excluding carboxylic acids is 1. The van der Waals surface area contributed by atoms with Gasteiger partial charge >= 0.3 is 121 Å². The van der Waals surface area contributed by atoms with Crippen LogP contribution in [0.1, 0.15) is 39.7 Å². The zero-order valence-corrected chi connectivity index (χ0v) is 47.8. The molecule has 8 rings (SSSR count). The molecule has 0 aliphatic rings. The molecule has 372 valence electrons. The molecule has 2 N–H and O–H groups in total. The summed E-state index contributed by atoms with van der Waals surface area (Å²) in [5.74, 6) is -3.90. The van der Waals surface area contributed by atoms with Crippen LogP contribution >= 0.6 is 0 Å². The molecule has 0 saturated heterocycles. The molecule has 0 saturated carbocycles. The Morgan fingerprint density at radius 1 is 0.500 bits per heavy atom. The number of aryl methyl sites for hydroxylation is 4. The first-order chi connectivity index (χ1) is 35.0. The SMILES string of the molecule is COc1ccc(-c2ccc(CC[C@H](OC(=O)O[C@@H](CCc3ccc(-c4ccc(OC)cc4)cc3)[C@H](CCn3nnc4ccccc4c3=O)C(=O)O)[C@H](CCn3nnc4ccccc4c3=O)C(=O)O)cc2)cc1.[H-].[H-].[K+].[K+]. The molecule has 0 unspecified atom stereocenters. The molecule has 0 bridgehead atoms. The predicted octanol–water partition coefficient (Wildman–Crippen LogP) is 2.52. The maximum Gasteiger partial charge on any atom is 1.00 e. The molecule has 0 aliphatic heterocycles. The van der Waals surface area contributed by atoms with Gasteiger partial charge in [0.05, 0.1) is 36.8 Å². The summed E-state index contributed by atoms with van der Waals surface area (Å²) < 4.78 is 24.7. The van der Waals surface area contributed by atoms with Gasteiger partial charge in [0.2, 0.25) is 0 Å². The smallest absolute Gasteiger partial charge is 1.00 e. The van der Waals surface area contributed by atoms with Gasteiger partial charge in [0.15, 0.2) is 0 Å². The number of carbonyl (C=O) groups is 3. The van der Waals surface area contributed by atoms with Crippen LogP contribution < -0.4 is 123 Å². The number of benzene rings is 6. The number of hydrogen-bond acceptors (Lipinski definition) is 13. The molecule has 0 fully saturated rings. The summed E-state index contributed by atoms with van der Waals surface area (Å²) in [6.45, 7) is -0.339. The zero-order chi connectivity index (χ0) is 50.6. The van der Waals surface area contributed by atoms with Crippen molar-refractivity contribution in [2.45, 2.75) is 63.8 Å². The van der Waals surface area contributed by atoms with Gasteiger partial charge in [-0.1, -0.05) is 107 Å². The van der Waals surface area contributed by atoms with Gasteiger partial charge in [-0.25, -0.2) is 14.2 Å². The van der Waals surface area contributed by atoms with E-state index in [9.17, 15) is 34.2 Å². The standard InChI is InChI=1S/C55H52N6O11.2K.2H/c1-69-41-25-21-39(22-26-41)37-17-11-35(12-18-37)15-29-49(45(53(64)65)31-33-60-51(62)43-7-3-5-9-47(43)56-58-60)71-55(68)72-50(30-16-36-13-19-38(20-14-36)40-23-27-42(70-2)28-24-40)46(54(66)67)32-34-61-52(63)44-8-4-6-10-48(44)57-59-61;;;;/h3-14,17-28,45-46,49-50H,15-16,29-34H2,1-2H3,(H,64,65)(H,66,67);;;;/q;2*+1;2*-1/t45-,46-,49-,50-;;;;/m0..../s1. The largest absolute Gasteiger partial charge is 1.00 e. The summed E-state index contributed by atoms with van der Waals surface area (Å²) in [5.41, 5.74) is 5.28. The van der Waals surface area contributed by atoms with E-state index in [0.29, 0.717) is 21.8 Å². The van der Waals surface area contributed by atoms with Gasteiger partial charge in [0, 0.05) is 13.1 Å². The van der Waals surface area contributed by atoms with Crippen LogP contribution in [-0.4, -0.2) is 84.7 Å². The maximum atomic E-state index is 14.2. The molecule has 2 aromatic heterocycles. The second-order valence-corrected chi connectivity index (χ2v) is 17.2. The number of ether oxygens (including phenoxy) is 4. The first-order valence-corrected chi connectivity index (χ1v) is 23.4. The molecule has 4 atom stereocenters. The van der Waals surface area contributed by atoms with Crippen molar-refractivity contribution in [3.8, 4) is 33.8 Å². The molecule has 17 nitrogen and oxygen atoms in total. The Bertz CT molecular complexity index is 3080. The Morgan fingerprint density at radius 3 is 1.18 bits per heavy atom. The zero-order valence-electron chi connectivity index (χ0n) is 43.6. The van der Waals surface area contributed by atoms with Crippen molar-refractivity contribution < 1.29 is 149 Å². The van der Waals surface area contributed by atoms with Crippen LogP contribution in [0.3, 0.4) is 0 Å². The van der Waals surface area contributed by atoms with E-state index >= 15 is 0 Å².